The van der Waals surface area contributed by atoms with Crippen molar-refractivity contribution >= 4 is 39.9 Å². The molecule has 0 spiro atoms. The zero-order chi connectivity index (χ0) is 13.3. The molecule has 1 atom stereocenters. The van der Waals surface area contributed by atoms with Crippen molar-refractivity contribution < 1.29 is 14.8 Å². The van der Waals surface area contributed by atoms with Crippen molar-refractivity contribution in [2.75, 3.05) is 18.0 Å². The van der Waals surface area contributed by atoms with E-state index < -0.39 is 10.9 Å². The van der Waals surface area contributed by atoms with Gasteiger partial charge in [0.1, 0.15) is 0 Å². The molecular formula is C11H11IN2O4. The Morgan fingerprint density at radius 1 is 1.56 bits per heavy atom. The van der Waals surface area contributed by atoms with Gasteiger partial charge in [0.05, 0.1) is 16.5 Å². The average molecular weight is 362 g/mol. The van der Waals surface area contributed by atoms with Crippen LogP contribution in [0.3, 0.4) is 0 Å². The van der Waals surface area contributed by atoms with Gasteiger partial charge in [-0.25, -0.2) is 0 Å². The number of benzene rings is 1. The Morgan fingerprint density at radius 3 is 2.78 bits per heavy atom. The predicted octanol–water partition coefficient (Wildman–Crippen LogP) is 2.11. The molecule has 1 fully saturated rings. The fourth-order valence-corrected chi connectivity index (χ4v) is 2.89. The molecule has 7 heteroatoms. The highest BCUT2D eigenvalue weighted by atomic mass is 127. The van der Waals surface area contributed by atoms with Crippen LogP contribution in [0.1, 0.15) is 6.42 Å². The summed E-state index contributed by atoms with van der Waals surface area (Å²) >= 11 is 2.04. The molecule has 1 aliphatic heterocycles. The van der Waals surface area contributed by atoms with Crippen molar-refractivity contribution in [1.29, 1.82) is 0 Å². The van der Waals surface area contributed by atoms with E-state index in [4.69, 9.17) is 5.11 Å². The van der Waals surface area contributed by atoms with E-state index in [0.29, 0.717) is 19.5 Å². The SMILES string of the molecule is O=C(O)C1CCN(c2ccc([N+](=O)[O-])cc2I)C1. The number of non-ortho nitro benzene ring substituents is 1. The van der Waals surface area contributed by atoms with Gasteiger partial charge in [-0.1, -0.05) is 0 Å². The van der Waals surface area contributed by atoms with E-state index in [9.17, 15) is 14.9 Å². The summed E-state index contributed by atoms with van der Waals surface area (Å²) in [5.74, 6) is -1.13. The van der Waals surface area contributed by atoms with Gasteiger partial charge in [0, 0.05) is 28.8 Å². The lowest BCUT2D eigenvalue weighted by molar-refractivity contribution is -0.384. The third-order valence-electron chi connectivity index (χ3n) is 3.02. The molecular weight excluding hydrogens is 351 g/mol. The standard InChI is InChI=1S/C11H11IN2O4/c12-9-5-8(14(17)18)1-2-10(9)13-4-3-7(6-13)11(15)16/h1-2,5,7H,3-4,6H2,(H,15,16). The minimum absolute atomic E-state index is 0.0529. The van der Waals surface area contributed by atoms with Crippen molar-refractivity contribution in [3.63, 3.8) is 0 Å². The summed E-state index contributed by atoms with van der Waals surface area (Å²) in [6.07, 6.45) is 0.613. The van der Waals surface area contributed by atoms with Gasteiger partial charge >= 0.3 is 5.97 Å². The van der Waals surface area contributed by atoms with E-state index in [1.165, 1.54) is 12.1 Å². The van der Waals surface area contributed by atoms with E-state index in [1.807, 2.05) is 27.5 Å². The predicted molar refractivity (Wildman–Crippen MR) is 73.8 cm³/mol. The normalized spacial score (nSPS) is 18.9. The number of hydrogen-bond acceptors (Lipinski definition) is 4. The molecule has 0 saturated carbocycles. The molecule has 18 heavy (non-hydrogen) atoms. The van der Waals surface area contributed by atoms with Gasteiger partial charge in [0.2, 0.25) is 0 Å². The van der Waals surface area contributed by atoms with Crippen molar-refractivity contribution in [3.8, 4) is 0 Å². The summed E-state index contributed by atoms with van der Waals surface area (Å²) in [5, 5.41) is 19.6. The van der Waals surface area contributed by atoms with Crippen LogP contribution in [0.25, 0.3) is 0 Å². The highest BCUT2D eigenvalue weighted by Crippen LogP contribution is 2.30. The van der Waals surface area contributed by atoms with Crippen molar-refractivity contribution in [2.24, 2.45) is 5.92 Å². The Balaban J connectivity index is 2.20. The molecule has 1 aromatic carbocycles. The van der Waals surface area contributed by atoms with Crippen LogP contribution < -0.4 is 4.90 Å². The highest BCUT2D eigenvalue weighted by molar-refractivity contribution is 14.1. The molecule has 0 aromatic heterocycles. The van der Waals surface area contributed by atoms with E-state index in [1.54, 1.807) is 6.07 Å². The third kappa shape index (κ3) is 2.55. The minimum atomic E-state index is -0.783. The van der Waals surface area contributed by atoms with E-state index in [-0.39, 0.29) is 11.6 Å². The number of aliphatic carboxylic acids is 1. The van der Waals surface area contributed by atoms with Crippen LogP contribution in [0.2, 0.25) is 0 Å². The number of halogens is 1. The largest absolute Gasteiger partial charge is 0.481 e. The first-order valence-electron chi connectivity index (χ1n) is 5.40. The quantitative estimate of drug-likeness (QED) is 0.506. The number of nitrogens with zero attached hydrogens (tertiary/aromatic N) is 2. The van der Waals surface area contributed by atoms with Gasteiger partial charge in [-0.05, 0) is 35.1 Å². The average Bonchev–Trinajstić information content (AvgIpc) is 2.78. The molecule has 1 aromatic rings. The number of anilines is 1. The van der Waals surface area contributed by atoms with Gasteiger partial charge in [-0.3, -0.25) is 14.9 Å². The van der Waals surface area contributed by atoms with Crippen LogP contribution >= 0.6 is 22.6 Å². The van der Waals surface area contributed by atoms with E-state index >= 15 is 0 Å². The van der Waals surface area contributed by atoms with Crippen LogP contribution in [0.15, 0.2) is 18.2 Å². The van der Waals surface area contributed by atoms with Crippen LogP contribution in [0.5, 0.6) is 0 Å². The molecule has 1 heterocycles. The summed E-state index contributed by atoms with van der Waals surface area (Å²) in [6.45, 7) is 1.13. The number of rotatable bonds is 3. The maximum atomic E-state index is 10.9. The second kappa shape index (κ2) is 5.09. The van der Waals surface area contributed by atoms with Gasteiger partial charge in [-0.15, -0.1) is 0 Å². The first kappa shape index (κ1) is 13.1. The summed E-state index contributed by atoms with van der Waals surface area (Å²) < 4.78 is 0.771. The molecule has 0 aliphatic carbocycles. The Labute approximate surface area is 117 Å². The topological polar surface area (TPSA) is 83.7 Å². The smallest absolute Gasteiger partial charge is 0.308 e. The number of nitro groups is 1. The minimum Gasteiger partial charge on any atom is -0.481 e. The molecule has 6 nitrogen and oxygen atoms in total. The summed E-state index contributed by atoms with van der Waals surface area (Å²) in [5.41, 5.74) is 0.919. The second-order valence-corrected chi connectivity index (χ2v) is 5.32. The maximum absolute atomic E-state index is 10.9. The van der Waals surface area contributed by atoms with Gasteiger partial charge < -0.3 is 10.0 Å². The molecule has 0 bridgehead atoms. The first-order chi connectivity index (χ1) is 8.49. The molecule has 1 saturated heterocycles. The zero-order valence-corrected chi connectivity index (χ0v) is 11.5. The molecule has 2 rings (SSSR count). The Morgan fingerprint density at radius 2 is 2.28 bits per heavy atom. The summed E-state index contributed by atoms with van der Waals surface area (Å²) in [7, 11) is 0. The van der Waals surface area contributed by atoms with Crippen LogP contribution in [-0.4, -0.2) is 29.1 Å². The first-order valence-corrected chi connectivity index (χ1v) is 6.48. The van der Waals surface area contributed by atoms with Crippen molar-refractivity contribution in [2.45, 2.75) is 6.42 Å². The number of hydrogen-bond donors (Lipinski definition) is 1. The number of carboxylic acid groups (broad SMARTS) is 1. The summed E-state index contributed by atoms with van der Waals surface area (Å²) in [6, 6.07) is 4.64. The molecule has 0 amide bonds. The van der Waals surface area contributed by atoms with E-state index in [0.717, 1.165) is 9.26 Å². The Bertz CT molecular complexity index is 506. The third-order valence-corrected chi connectivity index (χ3v) is 3.88. The maximum Gasteiger partial charge on any atom is 0.308 e. The van der Waals surface area contributed by atoms with Gasteiger partial charge in [-0.2, -0.15) is 0 Å². The second-order valence-electron chi connectivity index (χ2n) is 4.16. The highest BCUT2D eigenvalue weighted by Gasteiger charge is 2.29. The Hall–Kier alpha value is -1.38. The number of nitro benzene ring substituents is 1. The monoisotopic (exact) mass is 362 g/mol. The zero-order valence-electron chi connectivity index (χ0n) is 9.38. The number of carboxylic acids is 1. The molecule has 0 radical (unpaired) electrons. The fraction of sp³-hybridized carbons (Fsp3) is 0.364. The number of carbonyl (C=O) groups is 1. The van der Waals surface area contributed by atoms with Gasteiger partial charge in [0.25, 0.3) is 5.69 Å². The van der Waals surface area contributed by atoms with Crippen molar-refractivity contribution in [1.82, 2.24) is 0 Å². The lowest BCUT2D eigenvalue weighted by atomic mass is 10.1. The Kier molecular flexibility index (Phi) is 3.69. The van der Waals surface area contributed by atoms with Crippen LogP contribution in [0, 0.1) is 19.6 Å². The molecule has 1 unspecified atom stereocenters. The summed E-state index contributed by atoms with van der Waals surface area (Å²) in [4.78, 5) is 23.1. The fourth-order valence-electron chi connectivity index (χ4n) is 2.05. The van der Waals surface area contributed by atoms with Crippen LogP contribution in [-0.2, 0) is 4.79 Å². The van der Waals surface area contributed by atoms with Gasteiger partial charge in [0.15, 0.2) is 0 Å². The van der Waals surface area contributed by atoms with E-state index in [2.05, 4.69) is 0 Å². The van der Waals surface area contributed by atoms with Crippen LogP contribution in [0.4, 0.5) is 11.4 Å². The lowest BCUT2D eigenvalue weighted by Crippen LogP contribution is -2.23. The molecule has 96 valence electrons. The molecule has 1 aliphatic rings. The molecule has 1 N–H and O–H groups in total. The lowest BCUT2D eigenvalue weighted by Gasteiger charge is -2.19. The van der Waals surface area contributed by atoms with Crippen molar-refractivity contribution in [3.05, 3.63) is 31.9 Å².